The van der Waals surface area contributed by atoms with E-state index in [1.165, 1.54) is 0 Å². The topological polar surface area (TPSA) is 119 Å². The molecule has 106 valence electrons. The Morgan fingerprint density at radius 1 is 1.65 bits per heavy atom. The molecule has 2 rings (SSSR count). The van der Waals surface area contributed by atoms with Crippen LogP contribution in [0.3, 0.4) is 0 Å². The molecule has 2 aromatic heterocycles. The molecule has 0 spiro atoms. The molecule has 10 heteroatoms. The number of hydrogen-bond donors (Lipinski definition) is 2. The van der Waals surface area contributed by atoms with Gasteiger partial charge in [-0.05, 0) is 11.8 Å². The van der Waals surface area contributed by atoms with Crippen LogP contribution in [0.4, 0.5) is 5.82 Å². The highest BCUT2D eigenvalue weighted by Crippen LogP contribution is 2.24. The maximum Gasteiger partial charge on any atom is 0.362 e. The summed E-state index contributed by atoms with van der Waals surface area (Å²) in [5, 5.41) is 22.7. The normalized spacial score (nSPS) is 10.6. The Kier molecular flexibility index (Phi) is 3.70. The monoisotopic (exact) mass is 298 g/mol. The maximum absolute atomic E-state index is 11.9. The highest BCUT2D eigenvalue weighted by Gasteiger charge is 2.25. The van der Waals surface area contributed by atoms with Gasteiger partial charge in [-0.2, -0.15) is 5.10 Å². The van der Waals surface area contributed by atoms with Gasteiger partial charge in [0.1, 0.15) is 0 Å². The Morgan fingerprint density at radius 3 is 2.85 bits per heavy atom. The number of halogens is 1. The van der Waals surface area contributed by atoms with Crippen LogP contribution in [0.15, 0.2) is 6.20 Å². The summed E-state index contributed by atoms with van der Waals surface area (Å²) in [4.78, 5) is 21.7. The molecule has 0 radical (unpaired) electrons. The van der Waals surface area contributed by atoms with Crippen molar-refractivity contribution < 1.29 is 9.72 Å². The number of nitro groups is 1. The molecule has 2 aromatic rings. The third-order valence-corrected chi connectivity index (χ3v) is 3.00. The third-order valence-electron chi connectivity index (χ3n) is 2.64. The number of amides is 1. The molecule has 0 aliphatic heterocycles. The lowest BCUT2D eigenvalue weighted by Gasteiger charge is -2.01. The fourth-order valence-corrected chi connectivity index (χ4v) is 1.91. The molecule has 0 bridgehead atoms. The molecule has 0 saturated carbocycles. The van der Waals surface area contributed by atoms with Crippen molar-refractivity contribution in [2.45, 2.75) is 13.5 Å². The van der Waals surface area contributed by atoms with Crippen molar-refractivity contribution in [3.05, 3.63) is 38.3 Å². The number of carbonyl (C=O) groups excluding carboxylic acids is 1. The van der Waals surface area contributed by atoms with Gasteiger partial charge in [-0.25, -0.2) is 0 Å². The van der Waals surface area contributed by atoms with E-state index >= 15 is 0 Å². The van der Waals surface area contributed by atoms with Gasteiger partial charge >= 0.3 is 5.82 Å². The van der Waals surface area contributed by atoms with Crippen LogP contribution in [-0.4, -0.2) is 30.8 Å². The zero-order valence-corrected chi connectivity index (χ0v) is 11.4. The molecule has 2 heterocycles. The van der Waals surface area contributed by atoms with Gasteiger partial charge in [0.05, 0.1) is 5.69 Å². The summed E-state index contributed by atoms with van der Waals surface area (Å²) in [6.07, 6.45) is 1.77. The molecule has 0 fully saturated rings. The zero-order chi connectivity index (χ0) is 14.9. The highest BCUT2D eigenvalue weighted by atomic mass is 35.5. The summed E-state index contributed by atoms with van der Waals surface area (Å²) >= 11 is 5.72. The number of nitrogens with one attached hydrogen (secondary N) is 2. The number of rotatable bonds is 4. The predicted molar refractivity (Wildman–Crippen MR) is 69.4 cm³/mol. The Morgan fingerprint density at radius 2 is 2.35 bits per heavy atom. The Bertz CT molecular complexity index is 677. The number of aromatic amines is 1. The summed E-state index contributed by atoms with van der Waals surface area (Å²) in [5.74, 6) is -1.10. The summed E-state index contributed by atoms with van der Waals surface area (Å²) in [6, 6.07) is 0. The Hall–Kier alpha value is -2.42. The first-order valence-corrected chi connectivity index (χ1v) is 5.93. The number of aromatic nitrogens is 4. The molecule has 0 saturated heterocycles. The van der Waals surface area contributed by atoms with Gasteiger partial charge in [0.15, 0.2) is 10.7 Å². The van der Waals surface area contributed by atoms with Crippen LogP contribution in [0.25, 0.3) is 0 Å². The van der Waals surface area contributed by atoms with Crippen LogP contribution in [0.2, 0.25) is 5.02 Å². The van der Waals surface area contributed by atoms with Crippen molar-refractivity contribution in [3.63, 3.8) is 0 Å². The van der Waals surface area contributed by atoms with Gasteiger partial charge in [0.2, 0.25) is 0 Å². The predicted octanol–water partition coefficient (Wildman–Crippen LogP) is 0.943. The van der Waals surface area contributed by atoms with E-state index < -0.39 is 16.6 Å². The molecule has 0 aromatic carbocycles. The quantitative estimate of drug-likeness (QED) is 0.643. The van der Waals surface area contributed by atoms with E-state index in [0.29, 0.717) is 0 Å². The second-order valence-electron chi connectivity index (χ2n) is 4.09. The van der Waals surface area contributed by atoms with E-state index in [0.717, 1.165) is 11.3 Å². The largest absolute Gasteiger partial charge is 0.362 e. The molecule has 0 aliphatic rings. The van der Waals surface area contributed by atoms with Crippen molar-refractivity contribution in [1.29, 1.82) is 0 Å². The first-order chi connectivity index (χ1) is 9.40. The number of aryl methyl sites for hydroxylation is 2. The molecular weight excluding hydrogens is 288 g/mol. The van der Waals surface area contributed by atoms with E-state index in [-0.39, 0.29) is 17.3 Å². The second-order valence-corrected chi connectivity index (χ2v) is 4.47. The van der Waals surface area contributed by atoms with Gasteiger partial charge < -0.3 is 15.4 Å². The minimum Gasteiger partial charge on any atom is -0.358 e. The molecule has 2 N–H and O–H groups in total. The van der Waals surface area contributed by atoms with E-state index in [1.54, 1.807) is 17.9 Å². The van der Waals surface area contributed by atoms with E-state index in [1.807, 2.05) is 6.92 Å². The Labute approximate surface area is 118 Å². The molecule has 1 amide bonds. The van der Waals surface area contributed by atoms with E-state index in [2.05, 4.69) is 20.6 Å². The molecule has 9 nitrogen and oxygen atoms in total. The summed E-state index contributed by atoms with van der Waals surface area (Å²) < 4.78 is 1.63. The lowest BCUT2D eigenvalue weighted by molar-refractivity contribution is -0.389. The van der Waals surface area contributed by atoms with Crippen LogP contribution in [-0.2, 0) is 13.6 Å². The zero-order valence-electron chi connectivity index (χ0n) is 10.7. The van der Waals surface area contributed by atoms with Crippen molar-refractivity contribution in [3.8, 4) is 0 Å². The van der Waals surface area contributed by atoms with Crippen LogP contribution in [0.1, 0.15) is 21.7 Å². The summed E-state index contributed by atoms with van der Waals surface area (Å²) in [7, 11) is 1.77. The Balaban J connectivity index is 2.09. The highest BCUT2D eigenvalue weighted by molar-refractivity contribution is 6.35. The van der Waals surface area contributed by atoms with E-state index in [4.69, 9.17) is 11.6 Å². The van der Waals surface area contributed by atoms with Crippen LogP contribution in [0.5, 0.6) is 0 Å². The smallest absolute Gasteiger partial charge is 0.358 e. The third kappa shape index (κ3) is 2.62. The minimum atomic E-state index is -0.739. The average molecular weight is 299 g/mol. The van der Waals surface area contributed by atoms with Crippen molar-refractivity contribution >= 4 is 23.3 Å². The van der Waals surface area contributed by atoms with Crippen LogP contribution < -0.4 is 5.32 Å². The van der Waals surface area contributed by atoms with Crippen molar-refractivity contribution in [1.82, 2.24) is 25.3 Å². The van der Waals surface area contributed by atoms with Gasteiger partial charge in [0.25, 0.3) is 5.91 Å². The molecular formula is C10H11ClN6O3. The lowest BCUT2D eigenvalue weighted by Crippen LogP contribution is -2.23. The molecule has 0 aliphatic carbocycles. The summed E-state index contributed by atoms with van der Waals surface area (Å²) in [6.45, 7) is 2.04. The fourth-order valence-electron chi connectivity index (χ4n) is 1.67. The lowest BCUT2D eigenvalue weighted by atomic mass is 10.2. The van der Waals surface area contributed by atoms with Crippen LogP contribution >= 0.6 is 11.6 Å². The number of carbonyl (C=O) groups is 1. The molecule has 0 unspecified atom stereocenters. The number of H-pyrrole nitrogens is 1. The van der Waals surface area contributed by atoms with Crippen molar-refractivity contribution in [2.75, 3.05) is 0 Å². The fraction of sp³-hybridized carbons (Fsp3) is 0.300. The average Bonchev–Trinajstić information content (AvgIpc) is 2.89. The van der Waals surface area contributed by atoms with Gasteiger partial charge in [0, 0.05) is 25.4 Å². The van der Waals surface area contributed by atoms with Gasteiger partial charge in [-0.3, -0.25) is 9.48 Å². The van der Waals surface area contributed by atoms with Crippen LogP contribution in [0, 0.1) is 17.0 Å². The van der Waals surface area contributed by atoms with Gasteiger partial charge in [-0.15, -0.1) is 5.10 Å². The molecule has 0 atom stereocenters. The second kappa shape index (κ2) is 5.29. The summed E-state index contributed by atoms with van der Waals surface area (Å²) in [5.41, 5.74) is 1.41. The van der Waals surface area contributed by atoms with E-state index in [9.17, 15) is 14.9 Å². The first-order valence-electron chi connectivity index (χ1n) is 5.55. The SMILES string of the molecule is Cc1nn(C)cc1CNC(=O)c1n[nH]c([N+](=O)[O-])c1Cl. The molecule has 20 heavy (non-hydrogen) atoms. The number of nitrogens with zero attached hydrogens (tertiary/aromatic N) is 4. The first kappa shape index (κ1) is 14.0. The standard InChI is InChI=1S/C10H11ClN6O3/c1-5-6(4-16(2)15-5)3-12-10(18)8-7(11)9(14-13-8)17(19)20/h4H,3H2,1-2H3,(H,12,18)(H,13,14). The minimum absolute atomic E-state index is 0.208. The van der Waals surface area contributed by atoms with Gasteiger partial charge in [-0.1, -0.05) is 16.7 Å². The maximum atomic E-state index is 11.9. The van der Waals surface area contributed by atoms with Crippen molar-refractivity contribution in [2.24, 2.45) is 7.05 Å². The number of hydrogen-bond acceptors (Lipinski definition) is 5.